The molecule has 1 aliphatic heterocycles. The third kappa shape index (κ3) is 5.40. The van der Waals surface area contributed by atoms with Gasteiger partial charge in [0.1, 0.15) is 6.04 Å². The molecule has 39 heavy (non-hydrogen) atoms. The van der Waals surface area contributed by atoms with Gasteiger partial charge in [-0.3, -0.25) is 14.2 Å². The van der Waals surface area contributed by atoms with Crippen LogP contribution in [-0.4, -0.2) is 57.2 Å². The average molecular weight is 556 g/mol. The third-order valence-corrected chi connectivity index (χ3v) is 7.31. The minimum atomic E-state index is -0.960. The number of likely N-dealkylation sites (tertiary alicyclic amines) is 1. The molecule has 3 atom stereocenters. The molecule has 2 aromatic carbocycles. The maximum absolute atomic E-state index is 14.9. The lowest BCUT2D eigenvalue weighted by molar-refractivity contribution is -0.152. The van der Waals surface area contributed by atoms with Gasteiger partial charge >= 0.3 is 18.0 Å². The van der Waals surface area contributed by atoms with Crippen LogP contribution in [0.4, 0.5) is 19.8 Å². The number of primary amides is 1. The summed E-state index contributed by atoms with van der Waals surface area (Å²) in [5, 5.41) is 3.83. The number of amides is 4. The van der Waals surface area contributed by atoms with Crippen molar-refractivity contribution in [2.24, 2.45) is 11.7 Å². The van der Waals surface area contributed by atoms with Gasteiger partial charge in [0.05, 0.1) is 30.8 Å². The number of esters is 1. The zero-order valence-corrected chi connectivity index (χ0v) is 21.9. The fraction of sp³-hybridized carbons (Fsp3) is 0.333. The fourth-order valence-electron chi connectivity index (χ4n) is 5.23. The second-order valence-electron chi connectivity index (χ2n) is 9.72. The predicted molar refractivity (Wildman–Crippen MR) is 142 cm³/mol. The van der Waals surface area contributed by atoms with E-state index in [-0.39, 0.29) is 36.7 Å². The lowest BCUT2D eigenvalue weighted by Crippen LogP contribution is -2.48. The minimum absolute atomic E-state index is 0.00493. The standard InChI is InChI=1S/C27H27ClFN5O5/c1-2-39-24(35)10-15-6-7-19-20(14-32(26(30)37)22(19)9-15)31-27(38)34-21-11-17(21)12-23(34)25(36)33(29)13-16-4-3-5-18(28)8-16/h3-9,14,17,21,23H,2,10-13H2,1H3,(H2,30,37)(H,31,38)/t17-,21-,23+/m1/s1. The molecule has 0 bridgehead atoms. The van der Waals surface area contributed by atoms with Crippen LogP contribution in [0, 0.1) is 5.92 Å². The van der Waals surface area contributed by atoms with Gasteiger partial charge < -0.3 is 20.7 Å². The summed E-state index contributed by atoms with van der Waals surface area (Å²) in [6, 6.07) is 9.06. The average Bonchev–Trinajstić information content (AvgIpc) is 3.39. The smallest absolute Gasteiger partial charge is 0.323 e. The van der Waals surface area contributed by atoms with Crippen molar-refractivity contribution in [1.82, 2.24) is 14.6 Å². The summed E-state index contributed by atoms with van der Waals surface area (Å²) in [4.78, 5) is 51.9. The summed E-state index contributed by atoms with van der Waals surface area (Å²) in [5.74, 6) is -1.09. The first-order valence-corrected chi connectivity index (χ1v) is 12.9. The lowest BCUT2D eigenvalue weighted by Gasteiger charge is -2.28. The molecule has 0 radical (unpaired) electrons. The highest BCUT2D eigenvalue weighted by atomic mass is 35.5. The van der Waals surface area contributed by atoms with E-state index in [1.807, 2.05) is 0 Å². The normalized spacial score (nSPS) is 19.5. The van der Waals surface area contributed by atoms with Crippen LogP contribution in [0.15, 0.2) is 48.7 Å². The number of nitrogens with two attached hydrogens (primary N) is 1. The Balaban J connectivity index is 1.35. The van der Waals surface area contributed by atoms with Crippen molar-refractivity contribution in [2.45, 2.75) is 44.8 Å². The topological polar surface area (TPSA) is 127 Å². The molecule has 204 valence electrons. The molecular weight excluding hydrogens is 529 g/mol. The Bertz CT molecular complexity index is 1480. The van der Waals surface area contributed by atoms with Gasteiger partial charge in [-0.15, -0.1) is 0 Å². The molecule has 12 heteroatoms. The summed E-state index contributed by atoms with van der Waals surface area (Å²) in [5.41, 5.74) is 7.37. The highest BCUT2D eigenvalue weighted by Crippen LogP contribution is 2.48. The number of hydrogen-bond donors (Lipinski definition) is 2. The first-order chi connectivity index (χ1) is 18.7. The van der Waals surface area contributed by atoms with E-state index < -0.39 is 30.0 Å². The van der Waals surface area contributed by atoms with E-state index in [0.29, 0.717) is 39.2 Å². The first-order valence-electron chi connectivity index (χ1n) is 12.6. The number of rotatable bonds is 7. The summed E-state index contributed by atoms with van der Waals surface area (Å²) in [6.07, 6.45) is 2.49. The van der Waals surface area contributed by atoms with E-state index in [9.17, 15) is 23.7 Å². The molecule has 1 saturated heterocycles. The second kappa shape index (κ2) is 10.6. The van der Waals surface area contributed by atoms with Crippen LogP contribution in [0.3, 0.4) is 0 Å². The van der Waals surface area contributed by atoms with Gasteiger partial charge in [0.25, 0.3) is 5.91 Å². The van der Waals surface area contributed by atoms with Crippen molar-refractivity contribution < 1.29 is 28.4 Å². The molecule has 1 aromatic heterocycles. The van der Waals surface area contributed by atoms with Crippen LogP contribution in [0.1, 0.15) is 30.9 Å². The Morgan fingerprint density at radius 3 is 2.67 bits per heavy atom. The number of ether oxygens (including phenoxy) is 1. The van der Waals surface area contributed by atoms with Crippen LogP contribution >= 0.6 is 11.6 Å². The van der Waals surface area contributed by atoms with E-state index in [2.05, 4.69) is 5.32 Å². The zero-order valence-electron chi connectivity index (χ0n) is 21.1. The molecule has 0 unspecified atom stereocenters. The number of benzene rings is 2. The summed E-state index contributed by atoms with van der Waals surface area (Å²) >= 11 is 5.97. The number of aromatic nitrogens is 1. The van der Waals surface area contributed by atoms with Gasteiger partial charge in [0.2, 0.25) is 0 Å². The molecule has 2 aliphatic rings. The van der Waals surface area contributed by atoms with Crippen LogP contribution in [0.25, 0.3) is 10.9 Å². The number of carbonyl (C=O) groups is 4. The van der Waals surface area contributed by atoms with Gasteiger partial charge in [-0.25, -0.2) is 9.59 Å². The highest BCUT2D eigenvalue weighted by molar-refractivity contribution is 6.30. The number of halogens is 2. The predicted octanol–water partition coefficient (Wildman–Crippen LogP) is 4.24. The van der Waals surface area contributed by atoms with Crippen molar-refractivity contribution in [3.63, 3.8) is 0 Å². The van der Waals surface area contributed by atoms with Crippen molar-refractivity contribution in [2.75, 3.05) is 11.9 Å². The van der Waals surface area contributed by atoms with Crippen molar-refractivity contribution >= 4 is 52.1 Å². The van der Waals surface area contributed by atoms with Gasteiger partial charge in [-0.1, -0.05) is 40.3 Å². The Hall–Kier alpha value is -4.12. The van der Waals surface area contributed by atoms with Crippen LogP contribution < -0.4 is 11.1 Å². The van der Waals surface area contributed by atoms with E-state index in [1.165, 1.54) is 15.7 Å². The quantitative estimate of drug-likeness (QED) is 0.333. The molecule has 3 N–H and O–H groups in total. The maximum atomic E-state index is 14.9. The Kier molecular flexibility index (Phi) is 7.17. The van der Waals surface area contributed by atoms with E-state index in [4.69, 9.17) is 22.1 Å². The second-order valence-corrected chi connectivity index (χ2v) is 10.2. The number of nitrogens with one attached hydrogen (secondary N) is 1. The van der Waals surface area contributed by atoms with E-state index in [1.54, 1.807) is 49.4 Å². The number of anilines is 1. The van der Waals surface area contributed by atoms with E-state index in [0.717, 1.165) is 6.42 Å². The minimum Gasteiger partial charge on any atom is -0.466 e. The number of piperidine rings is 1. The molecule has 2 fully saturated rings. The summed E-state index contributed by atoms with van der Waals surface area (Å²) < 4.78 is 21.1. The van der Waals surface area contributed by atoms with Crippen molar-refractivity contribution in [1.29, 1.82) is 0 Å². The van der Waals surface area contributed by atoms with Gasteiger partial charge in [0.15, 0.2) is 0 Å². The molecule has 4 amide bonds. The van der Waals surface area contributed by atoms with Gasteiger partial charge in [0, 0.05) is 22.6 Å². The molecule has 5 rings (SSSR count). The summed E-state index contributed by atoms with van der Waals surface area (Å²) in [7, 11) is 0. The monoisotopic (exact) mass is 555 g/mol. The van der Waals surface area contributed by atoms with Gasteiger partial charge in [-0.2, -0.15) is 5.12 Å². The van der Waals surface area contributed by atoms with Crippen molar-refractivity contribution in [3.05, 3.63) is 64.8 Å². The highest BCUT2D eigenvalue weighted by Gasteiger charge is 2.57. The first kappa shape index (κ1) is 26.5. The van der Waals surface area contributed by atoms with Crippen LogP contribution in [-0.2, 0) is 27.3 Å². The molecule has 0 spiro atoms. The Morgan fingerprint density at radius 2 is 1.95 bits per heavy atom. The molecule has 1 aliphatic carbocycles. The van der Waals surface area contributed by atoms with Crippen molar-refractivity contribution in [3.8, 4) is 0 Å². The molecule has 10 nitrogen and oxygen atoms in total. The number of carbonyl (C=O) groups excluding carboxylic acids is 4. The maximum Gasteiger partial charge on any atom is 0.323 e. The van der Waals surface area contributed by atoms with Gasteiger partial charge in [-0.05, 0) is 55.0 Å². The Labute approximate surface area is 228 Å². The molecule has 3 aromatic rings. The van der Waals surface area contributed by atoms with Crippen LogP contribution in [0.2, 0.25) is 5.02 Å². The van der Waals surface area contributed by atoms with Crippen LogP contribution in [0.5, 0.6) is 0 Å². The van der Waals surface area contributed by atoms with E-state index >= 15 is 0 Å². The SMILES string of the molecule is CCOC(=O)Cc1ccc2c(NC(=O)N3[C@@H]4C[C@@H]4C[C@H]3C(=O)N(F)Cc3cccc(Cl)c3)cn(C(N)=O)c2c1. The fourth-order valence-corrected chi connectivity index (χ4v) is 5.44. The largest absolute Gasteiger partial charge is 0.466 e. The number of urea groups is 1. The molecule has 1 saturated carbocycles. The Morgan fingerprint density at radius 1 is 1.15 bits per heavy atom. The zero-order chi connectivity index (χ0) is 27.8. The lowest BCUT2D eigenvalue weighted by atomic mass is 10.1. The molecular formula is C27H27ClFN5O5. The third-order valence-electron chi connectivity index (χ3n) is 7.08. The summed E-state index contributed by atoms with van der Waals surface area (Å²) in [6.45, 7) is 1.67. The number of nitrogens with zero attached hydrogens (tertiary/aromatic N) is 3. The number of fused-ring (bicyclic) bond motifs is 2. The molecule has 2 heterocycles. The number of hydrogen-bond acceptors (Lipinski definition) is 5.